The molecular weight excluding hydrogens is 733 g/mol. The number of benzene rings is 8. The first-order valence-electron chi connectivity index (χ1n) is 19.7. The zero-order valence-electron chi connectivity index (χ0n) is 32.2. The van der Waals surface area contributed by atoms with Crippen molar-refractivity contribution in [1.29, 1.82) is 0 Å². The second-order valence-corrected chi connectivity index (χ2v) is 14.8. The zero-order chi connectivity index (χ0) is 40.2. The second kappa shape index (κ2) is 14.1. The first-order chi connectivity index (χ1) is 29.6. The number of rotatable bonds is 6. The Morgan fingerprint density at radius 1 is 0.333 bits per heavy atom. The summed E-state index contributed by atoms with van der Waals surface area (Å²) in [6, 6.07) is 66.8. The quantitative estimate of drug-likeness (QED) is 0.158. The summed E-state index contributed by atoms with van der Waals surface area (Å²) < 4.78 is 4.74. The highest BCUT2D eigenvalue weighted by Crippen LogP contribution is 2.38. The van der Waals surface area contributed by atoms with E-state index in [2.05, 4.69) is 158 Å². The van der Waals surface area contributed by atoms with Crippen LogP contribution in [0.2, 0.25) is 0 Å². The number of hydrogen-bond donors (Lipinski definition) is 0. The Kier molecular flexibility index (Phi) is 8.15. The lowest BCUT2D eigenvalue weighted by Gasteiger charge is -2.12. The highest BCUT2D eigenvalue weighted by atomic mass is 15.0. The smallest absolute Gasteiger partial charge is 0.187 e. The monoisotopic (exact) mass is 764 g/mol. The molecule has 0 saturated heterocycles. The minimum atomic E-state index is 0.522. The van der Waals surface area contributed by atoms with Crippen LogP contribution in [0.1, 0.15) is 0 Å². The summed E-state index contributed by atoms with van der Waals surface area (Å²) in [5.41, 5.74) is 14.2. The van der Waals surface area contributed by atoms with Gasteiger partial charge >= 0.3 is 0 Å². The van der Waals surface area contributed by atoms with Gasteiger partial charge in [0, 0.05) is 44.0 Å². The molecule has 0 fully saturated rings. The zero-order valence-corrected chi connectivity index (χ0v) is 32.2. The lowest BCUT2D eigenvalue weighted by Crippen LogP contribution is -1.96. The van der Waals surface area contributed by atoms with Crippen molar-refractivity contribution >= 4 is 55.0 Å². The average molecular weight is 765 g/mol. The lowest BCUT2D eigenvalue weighted by molar-refractivity contribution is 1.17. The molecule has 60 heavy (non-hydrogen) atoms. The van der Waals surface area contributed by atoms with Crippen LogP contribution < -0.4 is 0 Å². The molecule has 278 valence electrons. The molecule has 0 unspecified atom stereocenters. The maximum atomic E-state index is 7.54. The van der Waals surface area contributed by atoms with Crippen molar-refractivity contribution in [3.63, 3.8) is 0 Å². The van der Waals surface area contributed by atoms with Gasteiger partial charge in [-0.25, -0.2) is 19.7 Å². The van der Waals surface area contributed by atoms with Gasteiger partial charge in [0.25, 0.3) is 0 Å². The van der Waals surface area contributed by atoms with Crippen molar-refractivity contribution < 1.29 is 0 Å². The minimum absolute atomic E-state index is 0.522. The van der Waals surface area contributed by atoms with Gasteiger partial charge < -0.3 is 9.13 Å². The second-order valence-electron chi connectivity index (χ2n) is 14.8. The van der Waals surface area contributed by atoms with E-state index in [-0.39, 0.29) is 0 Å². The van der Waals surface area contributed by atoms with Crippen LogP contribution in [0.3, 0.4) is 0 Å². The van der Waals surface area contributed by atoms with Crippen LogP contribution in [-0.4, -0.2) is 19.1 Å². The molecule has 0 N–H and O–H groups in total. The van der Waals surface area contributed by atoms with Gasteiger partial charge in [-0.05, 0) is 83.4 Å². The number of fused-ring (bicyclic) bond motifs is 6. The van der Waals surface area contributed by atoms with Gasteiger partial charge in [-0.2, -0.15) is 0 Å². The molecule has 8 aromatic carbocycles. The van der Waals surface area contributed by atoms with Crippen molar-refractivity contribution in [2.75, 3.05) is 0 Å². The molecule has 0 saturated carbocycles. The third-order valence-electron chi connectivity index (χ3n) is 11.4. The molecule has 0 aliphatic carbocycles. The molecule has 0 amide bonds. The summed E-state index contributed by atoms with van der Waals surface area (Å²) in [6.45, 7) is 15.1. The molecule has 0 aliphatic rings. The minimum Gasteiger partial charge on any atom is -0.309 e. The number of nitrogens with zero attached hydrogens (tertiary/aromatic N) is 6. The Morgan fingerprint density at radius 3 is 1.38 bits per heavy atom. The van der Waals surface area contributed by atoms with E-state index in [1.54, 1.807) is 12.1 Å². The van der Waals surface area contributed by atoms with Crippen LogP contribution in [0.4, 0.5) is 11.4 Å². The molecular formula is C54H32N6. The highest BCUT2D eigenvalue weighted by Gasteiger charge is 2.17. The number of para-hydroxylation sites is 3. The van der Waals surface area contributed by atoms with Crippen LogP contribution in [-0.2, 0) is 0 Å². The highest BCUT2D eigenvalue weighted by molar-refractivity contribution is 6.12. The predicted molar refractivity (Wildman–Crippen MR) is 245 cm³/mol. The van der Waals surface area contributed by atoms with Crippen molar-refractivity contribution in [1.82, 2.24) is 19.1 Å². The molecule has 3 heterocycles. The van der Waals surface area contributed by atoms with E-state index < -0.39 is 0 Å². The fourth-order valence-corrected chi connectivity index (χ4v) is 8.54. The van der Waals surface area contributed by atoms with E-state index in [0.29, 0.717) is 22.9 Å². The van der Waals surface area contributed by atoms with E-state index >= 15 is 0 Å². The average Bonchev–Trinajstić information content (AvgIpc) is 3.84. The van der Waals surface area contributed by atoms with E-state index in [0.717, 1.165) is 55.9 Å². The van der Waals surface area contributed by atoms with Crippen molar-refractivity contribution in [2.45, 2.75) is 0 Å². The molecule has 0 aliphatic heterocycles. The van der Waals surface area contributed by atoms with Crippen LogP contribution in [0.5, 0.6) is 0 Å². The van der Waals surface area contributed by atoms with Crippen LogP contribution in [0.15, 0.2) is 194 Å². The normalized spacial score (nSPS) is 11.3. The Morgan fingerprint density at radius 2 is 0.783 bits per heavy atom. The van der Waals surface area contributed by atoms with Crippen LogP contribution in [0, 0.1) is 13.1 Å². The standard InChI is InChI=1S/C54H32N6/c1-55-40-13-9-11-38(31-40)49-34-48(57-54(58-49)39-12-10-14-41(32-39)56-2)37-23-21-35(22-24-37)36-25-27-42(28-26-36)59-52-20-8-5-17-46(52)47-33-43(29-30-53(47)59)60-50-18-6-3-15-44(50)45-16-4-7-19-51(45)60/h3-34H. The molecule has 0 radical (unpaired) electrons. The van der Waals surface area contributed by atoms with Crippen LogP contribution in [0.25, 0.3) is 110 Å². The molecule has 11 aromatic rings. The largest absolute Gasteiger partial charge is 0.309 e. The Bertz CT molecular complexity index is 3430. The molecule has 6 heteroatoms. The summed E-state index contributed by atoms with van der Waals surface area (Å²) in [6.07, 6.45) is 0. The van der Waals surface area contributed by atoms with E-state index in [1.807, 2.05) is 42.5 Å². The summed E-state index contributed by atoms with van der Waals surface area (Å²) in [7, 11) is 0. The maximum Gasteiger partial charge on any atom is 0.187 e. The first kappa shape index (κ1) is 34.7. The summed E-state index contributed by atoms with van der Waals surface area (Å²) >= 11 is 0. The van der Waals surface area contributed by atoms with Crippen LogP contribution >= 0.6 is 0 Å². The Hall–Kier alpha value is -8.58. The maximum absolute atomic E-state index is 7.54. The third-order valence-corrected chi connectivity index (χ3v) is 11.4. The Balaban J connectivity index is 0.951. The van der Waals surface area contributed by atoms with Gasteiger partial charge in [-0.15, -0.1) is 0 Å². The SMILES string of the molecule is [C-]#[N+]c1cccc(-c2cc(-c3ccc(-c4ccc(-n5c6ccccc6c6cc(-n7c8ccccc8c8ccccc87)ccc65)cc4)cc3)nc(-c3cccc([N+]#[C-])c3)n2)c1. The van der Waals surface area contributed by atoms with Gasteiger partial charge in [-0.1, -0.05) is 127 Å². The molecule has 6 nitrogen and oxygen atoms in total. The molecule has 0 atom stereocenters. The van der Waals surface area contributed by atoms with Crippen molar-refractivity contribution in [2.24, 2.45) is 0 Å². The van der Waals surface area contributed by atoms with Gasteiger partial charge in [0.05, 0.1) is 46.6 Å². The summed E-state index contributed by atoms with van der Waals surface area (Å²) in [4.78, 5) is 17.1. The van der Waals surface area contributed by atoms with E-state index in [9.17, 15) is 0 Å². The number of hydrogen-bond acceptors (Lipinski definition) is 2. The topological polar surface area (TPSA) is 44.4 Å². The summed E-state index contributed by atoms with van der Waals surface area (Å²) in [5, 5.41) is 4.92. The molecule has 0 bridgehead atoms. The van der Waals surface area contributed by atoms with Gasteiger partial charge in [-0.3, -0.25) is 0 Å². The third kappa shape index (κ3) is 5.79. The van der Waals surface area contributed by atoms with E-state index in [4.69, 9.17) is 23.1 Å². The fraction of sp³-hybridized carbons (Fsp3) is 0. The fourth-order valence-electron chi connectivity index (χ4n) is 8.54. The van der Waals surface area contributed by atoms with Gasteiger partial charge in [0.1, 0.15) is 0 Å². The van der Waals surface area contributed by atoms with E-state index in [1.165, 1.54) is 32.6 Å². The first-order valence-corrected chi connectivity index (χ1v) is 19.7. The van der Waals surface area contributed by atoms with Crippen molar-refractivity contribution in [3.05, 3.63) is 217 Å². The predicted octanol–water partition coefficient (Wildman–Crippen LogP) is 14.4. The number of aromatic nitrogens is 4. The molecule has 11 rings (SSSR count). The Labute approximate surface area is 346 Å². The lowest BCUT2D eigenvalue weighted by atomic mass is 10.0. The molecule has 0 spiro atoms. The molecule has 3 aromatic heterocycles. The van der Waals surface area contributed by atoms with Crippen molar-refractivity contribution in [3.8, 4) is 56.4 Å². The van der Waals surface area contributed by atoms with Gasteiger partial charge in [0.15, 0.2) is 17.2 Å². The summed E-state index contributed by atoms with van der Waals surface area (Å²) in [5.74, 6) is 0.522. The van der Waals surface area contributed by atoms with Gasteiger partial charge in [0.2, 0.25) is 0 Å².